The van der Waals surface area contributed by atoms with Crippen LogP contribution in [0.2, 0.25) is 0 Å². The quantitative estimate of drug-likeness (QED) is 0.235. The first-order chi connectivity index (χ1) is 15.6. The number of nitrogens with zero attached hydrogens (tertiary/aromatic N) is 2. The van der Waals surface area contributed by atoms with E-state index < -0.39 is 0 Å². The number of rotatable bonds is 9. The molecule has 0 unspecified atom stereocenters. The lowest BCUT2D eigenvalue weighted by atomic mass is 10.1. The molecular weight excluding hydrogens is 527 g/mol. The topological polar surface area (TPSA) is 67.7 Å². The van der Waals surface area contributed by atoms with Crippen molar-refractivity contribution in [2.24, 2.45) is 4.99 Å². The Morgan fingerprint density at radius 2 is 1.73 bits per heavy atom. The molecule has 0 amide bonds. The van der Waals surface area contributed by atoms with Crippen LogP contribution < -0.4 is 20.9 Å². The maximum atomic E-state index is 11.9. The van der Waals surface area contributed by atoms with Crippen LogP contribution in [0.1, 0.15) is 29.2 Å². The number of methoxy groups -OCH3 is 1. The summed E-state index contributed by atoms with van der Waals surface area (Å²) in [4.78, 5) is 16.6. The van der Waals surface area contributed by atoms with Gasteiger partial charge in [-0.25, -0.2) is 4.99 Å². The molecule has 0 atom stereocenters. The number of halogens is 1. The minimum atomic E-state index is 0. The van der Waals surface area contributed by atoms with Crippen molar-refractivity contribution in [3.8, 4) is 5.75 Å². The van der Waals surface area contributed by atoms with Gasteiger partial charge in [0.1, 0.15) is 5.75 Å². The molecule has 7 heteroatoms. The summed E-state index contributed by atoms with van der Waals surface area (Å²) in [6, 6.07) is 19.7. The molecule has 2 aromatic carbocycles. The van der Waals surface area contributed by atoms with Gasteiger partial charge in [0, 0.05) is 25.4 Å². The van der Waals surface area contributed by atoms with E-state index in [1.807, 2.05) is 19.2 Å². The van der Waals surface area contributed by atoms with Crippen LogP contribution in [0.15, 0.2) is 76.6 Å². The number of hydrogen-bond donors (Lipinski definition) is 2. The number of guanidine groups is 1. The SMILES string of the molecule is CCNC(=NCc1ccc(Cn2ccccc2=O)cc1)NCCc1ccc(C)c(OC)c1.I. The van der Waals surface area contributed by atoms with E-state index in [1.165, 1.54) is 5.56 Å². The summed E-state index contributed by atoms with van der Waals surface area (Å²) >= 11 is 0. The Hall–Kier alpha value is -2.81. The van der Waals surface area contributed by atoms with E-state index in [0.29, 0.717) is 13.1 Å². The smallest absolute Gasteiger partial charge is 0.250 e. The van der Waals surface area contributed by atoms with Crippen molar-refractivity contribution in [2.45, 2.75) is 33.4 Å². The minimum Gasteiger partial charge on any atom is -0.496 e. The summed E-state index contributed by atoms with van der Waals surface area (Å²) in [6.45, 7) is 6.83. The van der Waals surface area contributed by atoms with Crippen LogP contribution in [-0.2, 0) is 19.5 Å². The normalized spacial score (nSPS) is 10.9. The Morgan fingerprint density at radius 3 is 2.42 bits per heavy atom. The molecule has 0 bridgehead atoms. The highest BCUT2D eigenvalue weighted by Gasteiger charge is 2.03. The van der Waals surface area contributed by atoms with Gasteiger partial charge in [-0.05, 0) is 54.7 Å². The second-order valence-corrected chi connectivity index (χ2v) is 7.66. The van der Waals surface area contributed by atoms with Gasteiger partial charge in [-0.2, -0.15) is 0 Å². The molecule has 3 aromatic rings. The lowest BCUT2D eigenvalue weighted by Crippen LogP contribution is -2.38. The van der Waals surface area contributed by atoms with E-state index in [-0.39, 0.29) is 29.5 Å². The average Bonchev–Trinajstić information content (AvgIpc) is 2.81. The summed E-state index contributed by atoms with van der Waals surface area (Å²) in [6.07, 6.45) is 2.69. The second-order valence-electron chi connectivity index (χ2n) is 7.66. The number of nitrogens with one attached hydrogen (secondary N) is 2. The summed E-state index contributed by atoms with van der Waals surface area (Å²) in [5.74, 6) is 1.72. The molecule has 1 heterocycles. The summed E-state index contributed by atoms with van der Waals surface area (Å²) in [5, 5.41) is 6.70. The van der Waals surface area contributed by atoms with Crippen molar-refractivity contribution < 1.29 is 4.74 Å². The molecule has 0 aliphatic heterocycles. The predicted octanol–water partition coefficient (Wildman–Crippen LogP) is 4.13. The fourth-order valence-electron chi connectivity index (χ4n) is 3.40. The van der Waals surface area contributed by atoms with Gasteiger partial charge in [-0.1, -0.05) is 42.5 Å². The molecular formula is C26H33IN4O2. The highest BCUT2D eigenvalue weighted by molar-refractivity contribution is 14.0. The van der Waals surface area contributed by atoms with Gasteiger partial charge in [0.15, 0.2) is 5.96 Å². The van der Waals surface area contributed by atoms with Crippen LogP contribution in [-0.4, -0.2) is 30.7 Å². The highest BCUT2D eigenvalue weighted by atomic mass is 127. The summed E-state index contributed by atoms with van der Waals surface area (Å²) in [7, 11) is 1.70. The Balaban J connectivity index is 0.00000385. The predicted molar refractivity (Wildman–Crippen MR) is 146 cm³/mol. The molecule has 0 fully saturated rings. The molecule has 0 radical (unpaired) electrons. The van der Waals surface area contributed by atoms with Gasteiger partial charge in [-0.3, -0.25) is 4.79 Å². The lowest BCUT2D eigenvalue weighted by Gasteiger charge is -2.12. The van der Waals surface area contributed by atoms with Crippen LogP contribution in [0, 0.1) is 6.92 Å². The second kappa shape index (κ2) is 13.7. The molecule has 0 spiro atoms. The van der Waals surface area contributed by atoms with Crippen molar-refractivity contribution in [1.29, 1.82) is 0 Å². The van der Waals surface area contributed by atoms with E-state index >= 15 is 0 Å². The van der Waals surface area contributed by atoms with Crippen LogP contribution >= 0.6 is 24.0 Å². The fraction of sp³-hybridized carbons (Fsp3) is 0.308. The van der Waals surface area contributed by atoms with Crippen molar-refractivity contribution in [1.82, 2.24) is 15.2 Å². The van der Waals surface area contributed by atoms with Crippen LogP contribution in [0.3, 0.4) is 0 Å². The van der Waals surface area contributed by atoms with Crippen molar-refractivity contribution >= 4 is 29.9 Å². The van der Waals surface area contributed by atoms with Crippen LogP contribution in [0.4, 0.5) is 0 Å². The molecule has 0 aliphatic rings. The minimum absolute atomic E-state index is 0. The Morgan fingerprint density at radius 1 is 1.00 bits per heavy atom. The lowest BCUT2D eigenvalue weighted by molar-refractivity contribution is 0.411. The first-order valence-corrected chi connectivity index (χ1v) is 11.0. The van der Waals surface area contributed by atoms with Crippen LogP contribution in [0.25, 0.3) is 0 Å². The third-order valence-corrected chi connectivity index (χ3v) is 5.22. The molecule has 0 saturated carbocycles. The summed E-state index contributed by atoms with van der Waals surface area (Å²) in [5.41, 5.74) is 4.58. The monoisotopic (exact) mass is 560 g/mol. The third-order valence-electron chi connectivity index (χ3n) is 5.22. The maximum absolute atomic E-state index is 11.9. The number of benzene rings is 2. The number of pyridine rings is 1. The van der Waals surface area contributed by atoms with Gasteiger partial charge in [-0.15, -0.1) is 24.0 Å². The molecule has 33 heavy (non-hydrogen) atoms. The van der Waals surface area contributed by atoms with E-state index in [1.54, 1.807) is 23.8 Å². The molecule has 0 aliphatic carbocycles. The number of hydrogen-bond acceptors (Lipinski definition) is 3. The van der Waals surface area contributed by atoms with Crippen LogP contribution in [0.5, 0.6) is 5.75 Å². The molecule has 176 valence electrons. The van der Waals surface area contributed by atoms with E-state index in [2.05, 4.69) is 60.0 Å². The Bertz CT molecular complexity index is 1090. The first-order valence-electron chi connectivity index (χ1n) is 11.0. The van der Waals surface area contributed by atoms with Crippen molar-refractivity contribution in [2.75, 3.05) is 20.2 Å². The highest BCUT2D eigenvalue weighted by Crippen LogP contribution is 2.19. The van der Waals surface area contributed by atoms with Gasteiger partial charge >= 0.3 is 0 Å². The molecule has 6 nitrogen and oxygen atoms in total. The van der Waals surface area contributed by atoms with Gasteiger partial charge in [0.2, 0.25) is 0 Å². The average molecular weight is 560 g/mol. The molecule has 0 saturated heterocycles. The largest absolute Gasteiger partial charge is 0.496 e. The third kappa shape index (κ3) is 8.24. The maximum Gasteiger partial charge on any atom is 0.250 e. The fourth-order valence-corrected chi connectivity index (χ4v) is 3.40. The summed E-state index contributed by atoms with van der Waals surface area (Å²) < 4.78 is 7.11. The number of aliphatic imine (C=N–C) groups is 1. The number of ether oxygens (including phenoxy) is 1. The zero-order chi connectivity index (χ0) is 22.8. The standard InChI is InChI=1S/C26H32N4O2.HI/c1-4-27-26(28-15-14-21-9-8-20(2)24(17-21)32-3)29-18-22-10-12-23(13-11-22)19-30-16-6-5-7-25(30)31;/h5-13,16-17H,4,14-15,18-19H2,1-3H3,(H2,27,28,29);1H. The Labute approximate surface area is 213 Å². The van der Waals surface area contributed by atoms with E-state index in [0.717, 1.165) is 47.9 Å². The zero-order valence-corrected chi connectivity index (χ0v) is 21.8. The zero-order valence-electron chi connectivity index (χ0n) is 19.5. The number of aromatic nitrogens is 1. The van der Waals surface area contributed by atoms with Gasteiger partial charge < -0.3 is 19.9 Å². The van der Waals surface area contributed by atoms with E-state index in [9.17, 15) is 4.79 Å². The molecule has 2 N–H and O–H groups in total. The van der Waals surface area contributed by atoms with Crippen molar-refractivity contribution in [3.63, 3.8) is 0 Å². The van der Waals surface area contributed by atoms with Gasteiger partial charge in [0.05, 0.1) is 20.2 Å². The number of aryl methyl sites for hydroxylation is 1. The van der Waals surface area contributed by atoms with Crippen molar-refractivity contribution in [3.05, 3.63) is 99.5 Å². The van der Waals surface area contributed by atoms with E-state index in [4.69, 9.17) is 9.73 Å². The molecule has 3 rings (SSSR count). The van der Waals surface area contributed by atoms with Gasteiger partial charge in [0.25, 0.3) is 5.56 Å². The molecule has 1 aromatic heterocycles. The Kier molecular flexibility index (Phi) is 11.0. The first kappa shape index (κ1) is 26.4.